The molecule has 2 rings (SSSR count). The summed E-state index contributed by atoms with van der Waals surface area (Å²) in [6.07, 6.45) is 3.41. The van der Waals surface area contributed by atoms with Crippen LogP contribution in [0.1, 0.15) is 24.8 Å². The first-order chi connectivity index (χ1) is 7.22. The van der Waals surface area contributed by atoms with Gasteiger partial charge in [-0.1, -0.05) is 11.6 Å². The van der Waals surface area contributed by atoms with E-state index >= 15 is 0 Å². The van der Waals surface area contributed by atoms with Crippen LogP contribution in [0.15, 0.2) is 18.2 Å². The summed E-state index contributed by atoms with van der Waals surface area (Å²) in [5, 5.41) is 0.772. The Morgan fingerprint density at radius 3 is 2.73 bits per heavy atom. The zero-order chi connectivity index (χ0) is 10.9. The number of nitrogens with two attached hydrogens (primary N) is 1. The molecule has 0 atom stereocenters. The topological polar surface area (TPSA) is 35.2 Å². The van der Waals surface area contributed by atoms with Crippen molar-refractivity contribution in [3.63, 3.8) is 0 Å². The van der Waals surface area contributed by atoms with E-state index in [2.05, 4.69) is 0 Å². The summed E-state index contributed by atoms with van der Waals surface area (Å²) < 4.78 is 5.37. The average Bonchev–Trinajstić information content (AvgIpc) is 2.99. The minimum Gasteiger partial charge on any atom is -0.496 e. The molecule has 1 aliphatic rings. The van der Waals surface area contributed by atoms with E-state index in [1.165, 1.54) is 18.4 Å². The van der Waals surface area contributed by atoms with Gasteiger partial charge in [0.2, 0.25) is 0 Å². The molecule has 1 aromatic carbocycles. The third kappa shape index (κ3) is 1.97. The normalized spacial score (nSPS) is 17.5. The lowest BCUT2D eigenvalue weighted by molar-refractivity contribution is 0.402. The van der Waals surface area contributed by atoms with E-state index in [-0.39, 0.29) is 5.41 Å². The SMILES string of the molecule is COc1ccc(Cl)cc1C1(CCN)CC1. The van der Waals surface area contributed by atoms with Gasteiger partial charge in [-0.05, 0) is 44.0 Å². The molecular formula is C12H16ClNO. The minimum absolute atomic E-state index is 0.241. The largest absolute Gasteiger partial charge is 0.496 e. The zero-order valence-corrected chi connectivity index (χ0v) is 9.68. The fourth-order valence-electron chi connectivity index (χ4n) is 2.18. The van der Waals surface area contributed by atoms with Gasteiger partial charge in [0.05, 0.1) is 7.11 Å². The highest BCUT2D eigenvalue weighted by Crippen LogP contribution is 2.53. The molecule has 0 bridgehead atoms. The highest BCUT2D eigenvalue weighted by molar-refractivity contribution is 6.30. The van der Waals surface area contributed by atoms with Gasteiger partial charge in [-0.3, -0.25) is 0 Å². The van der Waals surface area contributed by atoms with Gasteiger partial charge in [-0.15, -0.1) is 0 Å². The summed E-state index contributed by atoms with van der Waals surface area (Å²) in [6.45, 7) is 0.718. The van der Waals surface area contributed by atoms with E-state index < -0.39 is 0 Å². The molecule has 0 aromatic heterocycles. The van der Waals surface area contributed by atoms with Gasteiger partial charge in [0, 0.05) is 16.0 Å². The van der Waals surface area contributed by atoms with Crippen LogP contribution < -0.4 is 10.5 Å². The number of ether oxygens (including phenoxy) is 1. The van der Waals surface area contributed by atoms with Crippen molar-refractivity contribution < 1.29 is 4.74 Å². The van der Waals surface area contributed by atoms with Crippen molar-refractivity contribution in [2.75, 3.05) is 13.7 Å². The lowest BCUT2D eigenvalue weighted by atomic mass is 9.91. The molecule has 0 unspecified atom stereocenters. The first kappa shape index (κ1) is 10.8. The average molecular weight is 226 g/mol. The molecule has 15 heavy (non-hydrogen) atoms. The molecule has 82 valence electrons. The molecule has 1 aliphatic carbocycles. The van der Waals surface area contributed by atoms with Crippen LogP contribution in [0.3, 0.4) is 0 Å². The molecule has 0 aliphatic heterocycles. The lowest BCUT2D eigenvalue weighted by Crippen LogP contribution is -2.14. The van der Waals surface area contributed by atoms with Crippen LogP contribution in [0.4, 0.5) is 0 Å². The van der Waals surface area contributed by atoms with E-state index in [9.17, 15) is 0 Å². The van der Waals surface area contributed by atoms with Gasteiger partial charge in [-0.2, -0.15) is 0 Å². The van der Waals surface area contributed by atoms with Crippen LogP contribution in [0.5, 0.6) is 5.75 Å². The molecule has 0 heterocycles. The van der Waals surface area contributed by atoms with Gasteiger partial charge in [0.15, 0.2) is 0 Å². The molecule has 1 aromatic rings. The predicted molar refractivity (Wildman–Crippen MR) is 62.6 cm³/mol. The van der Waals surface area contributed by atoms with Crippen molar-refractivity contribution >= 4 is 11.6 Å². The van der Waals surface area contributed by atoms with Crippen LogP contribution >= 0.6 is 11.6 Å². The predicted octanol–water partition coefficient (Wildman–Crippen LogP) is 2.73. The smallest absolute Gasteiger partial charge is 0.122 e. The van der Waals surface area contributed by atoms with E-state index in [1.807, 2.05) is 18.2 Å². The third-order valence-corrected chi connectivity index (χ3v) is 3.44. The number of hydrogen-bond acceptors (Lipinski definition) is 2. The monoisotopic (exact) mass is 225 g/mol. The van der Waals surface area contributed by atoms with Crippen molar-refractivity contribution in [2.45, 2.75) is 24.7 Å². The van der Waals surface area contributed by atoms with Crippen molar-refractivity contribution in [1.29, 1.82) is 0 Å². The van der Waals surface area contributed by atoms with Gasteiger partial charge < -0.3 is 10.5 Å². The number of methoxy groups -OCH3 is 1. The fraction of sp³-hybridized carbons (Fsp3) is 0.500. The molecular weight excluding hydrogens is 210 g/mol. The summed E-state index contributed by atoms with van der Waals surface area (Å²) in [5.41, 5.74) is 7.11. The Kier molecular flexibility index (Phi) is 2.89. The highest BCUT2D eigenvalue weighted by Gasteiger charge is 2.45. The van der Waals surface area contributed by atoms with Crippen LogP contribution in [0.2, 0.25) is 5.02 Å². The van der Waals surface area contributed by atoms with E-state index in [0.29, 0.717) is 0 Å². The summed E-state index contributed by atoms with van der Waals surface area (Å²) in [7, 11) is 1.70. The third-order valence-electron chi connectivity index (χ3n) is 3.21. The first-order valence-corrected chi connectivity index (χ1v) is 5.64. The Balaban J connectivity index is 2.37. The number of rotatable bonds is 4. The molecule has 0 radical (unpaired) electrons. The van der Waals surface area contributed by atoms with Gasteiger partial charge >= 0.3 is 0 Å². The zero-order valence-electron chi connectivity index (χ0n) is 8.92. The fourth-order valence-corrected chi connectivity index (χ4v) is 2.35. The van der Waals surface area contributed by atoms with E-state index in [0.717, 1.165) is 23.7 Å². The summed E-state index contributed by atoms with van der Waals surface area (Å²) in [4.78, 5) is 0. The minimum atomic E-state index is 0.241. The second kappa shape index (κ2) is 4.03. The van der Waals surface area contributed by atoms with E-state index in [1.54, 1.807) is 7.11 Å². The van der Waals surface area contributed by atoms with Crippen molar-refractivity contribution in [3.05, 3.63) is 28.8 Å². The highest BCUT2D eigenvalue weighted by atomic mass is 35.5. The molecule has 0 spiro atoms. The van der Waals surface area contributed by atoms with Crippen LogP contribution in [0.25, 0.3) is 0 Å². The maximum atomic E-state index is 6.02. The van der Waals surface area contributed by atoms with Gasteiger partial charge in [0.25, 0.3) is 0 Å². The molecule has 0 amide bonds. The van der Waals surface area contributed by atoms with Gasteiger partial charge in [-0.25, -0.2) is 0 Å². The molecule has 3 heteroatoms. The lowest BCUT2D eigenvalue weighted by Gasteiger charge is -2.18. The number of halogens is 1. The van der Waals surface area contributed by atoms with Crippen molar-refractivity contribution in [3.8, 4) is 5.75 Å². The number of hydrogen-bond donors (Lipinski definition) is 1. The first-order valence-electron chi connectivity index (χ1n) is 5.26. The van der Waals surface area contributed by atoms with E-state index in [4.69, 9.17) is 22.1 Å². The standard InChI is InChI=1S/C12H16ClNO/c1-15-11-3-2-9(13)8-10(11)12(4-5-12)6-7-14/h2-3,8H,4-7,14H2,1H3. The molecule has 1 fully saturated rings. The quantitative estimate of drug-likeness (QED) is 0.855. The molecule has 0 saturated heterocycles. The van der Waals surface area contributed by atoms with Gasteiger partial charge in [0.1, 0.15) is 5.75 Å². The number of benzene rings is 1. The Hall–Kier alpha value is -0.730. The van der Waals surface area contributed by atoms with Crippen LogP contribution in [0, 0.1) is 0 Å². The van der Waals surface area contributed by atoms with Crippen molar-refractivity contribution in [2.24, 2.45) is 5.73 Å². The van der Waals surface area contributed by atoms with Crippen LogP contribution in [-0.2, 0) is 5.41 Å². The maximum absolute atomic E-state index is 6.02. The summed E-state index contributed by atoms with van der Waals surface area (Å²) >= 11 is 6.02. The second-order valence-corrected chi connectivity index (χ2v) is 4.60. The van der Waals surface area contributed by atoms with Crippen molar-refractivity contribution in [1.82, 2.24) is 0 Å². The Bertz CT molecular complexity index is 361. The second-order valence-electron chi connectivity index (χ2n) is 4.16. The Morgan fingerprint density at radius 1 is 1.47 bits per heavy atom. The summed E-state index contributed by atoms with van der Waals surface area (Å²) in [6, 6.07) is 5.82. The molecule has 1 saturated carbocycles. The molecule has 2 nitrogen and oxygen atoms in total. The molecule has 2 N–H and O–H groups in total. The Morgan fingerprint density at radius 2 is 2.20 bits per heavy atom. The van der Waals surface area contributed by atoms with Crippen LogP contribution in [-0.4, -0.2) is 13.7 Å². The summed E-state index contributed by atoms with van der Waals surface area (Å²) in [5.74, 6) is 0.936. The Labute approximate surface area is 95.4 Å². The maximum Gasteiger partial charge on any atom is 0.122 e.